The van der Waals surface area contributed by atoms with Crippen molar-refractivity contribution in [1.29, 1.82) is 0 Å². The van der Waals surface area contributed by atoms with Gasteiger partial charge in [0.05, 0.1) is 19.8 Å². The zero-order valence-electron chi connectivity index (χ0n) is 16.1. The fraction of sp³-hybridized carbons (Fsp3) is 0.400. The molecule has 2 heterocycles. The summed E-state index contributed by atoms with van der Waals surface area (Å²) in [5, 5.41) is 0. The van der Waals surface area contributed by atoms with Gasteiger partial charge in [-0.3, -0.25) is 9.59 Å². The first-order valence-electron chi connectivity index (χ1n) is 8.82. The maximum Gasteiger partial charge on any atom is 0.289 e. The Morgan fingerprint density at radius 3 is 2.11 bits per heavy atom. The number of hydrogen-bond acceptors (Lipinski definition) is 5. The molecule has 0 radical (unpaired) electrons. The predicted octanol–water partition coefficient (Wildman–Crippen LogP) is 2.51. The third-order valence-corrected chi connectivity index (χ3v) is 4.72. The number of furan rings is 1. The van der Waals surface area contributed by atoms with Crippen molar-refractivity contribution in [2.24, 2.45) is 0 Å². The molecule has 2 aromatic rings. The van der Waals surface area contributed by atoms with Crippen LogP contribution in [0.1, 0.15) is 32.2 Å². The van der Waals surface area contributed by atoms with E-state index in [2.05, 4.69) is 0 Å². The fourth-order valence-electron chi connectivity index (χ4n) is 3.34. The van der Waals surface area contributed by atoms with Gasteiger partial charge in [0.25, 0.3) is 11.8 Å². The van der Waals surface area contributed by atoms with Gasteiger partial charge in [-0.15, -0.1) is 0 Å². The summed E-state index contributed by atoms with van der Waals surface area (Å²) >= 11 is 0. The molecule has 3 rings (SSSR count). The van der Waals surface area contributed by atoms with Gasteiger partial charge in [-0.1, -0.05) is 6.07 Å². The minimum atomic E-state index is -0.136. The molecule has 0 spiro atoms. The summed E-state index contributed by atoms with van der Waals surface area (Å²) in [5.74, 6) is 1.76. The Balaban J connectivity index is 1.70. The van der Waals surface area contributed by atoms with Crippen molar-refractivity contribution in [2.75, 3.05) is 40.4 Å². The molecular weight excluding hydrogens is 348 g/mol. The largest absolute Gasteiger partial charge is 0.493 e. The normalized spacial score (nSPS) is 14.2. The van der Waals surface area contributed by atoms with Crippen molar-refractivity contribution in [1.82, 2.24) is 9.80 Å². The second-order valence-corrected chi connectivity index (χ2v) is 6.49. The molecule has 1 aliphatic rings. The monoisotopic (exact) mass is 372 g/mol. The van der Waals surface area contributed by atoms with Gasteiger partial charge >= 0.3 is 0 Å². The molecule has 0 saturated carbocycles. The number of methoxy groups -OCH3 is 2. The zero-order valence-corrected chi connectivity index (χ0v) is 16.1. The van der Waals surface area contributed by atoms with Crippen LogP contribution in [-0.2, 0) is 0 Å². The molecule has 2 amide bonds. The van der Waals surface area contributed by atoms with Crippen LogP contribution in [-0.4, -0.2) is 62.0 Å². The first-order valence-corrected chi connectivity index (χ1v) is 8.82. The van der Waals surface area contributed by atoms with Crippen LogP contribution in [0.4, 0.5) is 0 Å². The molecule has 27 heavy (non-hydrogen) atoms. The van der Waals surface area contributed by atoms with E-state index in [1.807, 2.05) is 19.9 Å². The van der Waals surface area contributed by atoms with E-state index in [1.54, 1.807) is 28.0 Å². The summed E-state index contributed by atoms with van der Waals surface area (Å²) in [6.45, 7) is 5.49. The van der Waals surface area contributed by atoms with Gasteiger partial charge in [0, 0.05) is 31.7 Å². The lowest BCUT2D eigenvalue weighted by molar-refractivity contribution is 0.0515. The van der Waals surface area contributed by atoms with Crippen LogP contribution in [0.15, 0.2) is 28.7 Å². The molecule has 1 aliphatic heterocycles. The van der Waals surface area contributed by atoms with E-state index in [0.717, 1.165) is 11.3 Å². The smallest absolute Gasteiger partial charge is 0.289 e. The summed E-state index contributed by atoms with van der Waals surface area (Å²) in [6.07, 6.45) is 0. The molecule has 1 saturated heterocycles. The zero-order chi connectivity index (χ0) is 19.6. The fourth-order valence-corrected chi connectivity index (χ4v) is 3.34. The van der Waals surface area contributed by atoms with Gasteiger partial charge < -0.3 is 23.7 Å². The Morgan fingerprint density at radius 2 is 1.59 bits per heavy atom. The number of hydrogen-bond donors (Lipinski definition) is 0. The maximum atomic E-state index is 12.9. The highest BCUT2D eigenvalue weighted by Gasteiger charge is 2.29. The Kier molecular flexibility index (Phi) is 5.39. The van der Waals surface area contributed by atoms with Crippen LogP contribution in [0.25, 0.3) is 0 Å². The molecule has 0 bridgehead atoms. The van der Waals surface area contributed by atoms with E-state index in [9.17, 15) is 9.59 Å². The minimum absolute atomic E-state index is 0.133. The van der Waals surface area contributed by atoms with E-state index < -0.39 is 0 Å². The Hall–Kier alpha value is -2.96. The molecule has 0 atom stereocenters. The van der Waals surface area contributed by atoms with Crippen molar-refractivity contribution in [2.45, 2.75) is 13.8 Å². The second kappa shape index (κ2) is 7.73. The number of aryl methyl sites for hydroxylation is 2. The van der Waals surface area contributed by atoms with E-state index in [4.69, 9.17) is 13.9 Å². The molecule has 1 fully saturated rings. The molecule has 0 unspecified atom stereocenters. The number of carbonyl (C=O) groups excluding carboxylic acids is 2. The number of carbonyl (C=O) groups is 2. The first kappa shape index (κ1) is 18.8. The number of ether oxygens (including phenoxy) is 2. The summed E-state index contributed by atoms with van der Waals surface area (Å²) in [4.78, 5) is 29.0. The SMILES string of the molecule is COc1cccc(C(=O)N2CCN(C(=O)c3oc(C)cc3C)CC2)c1OC. The van der Waals surface area contributed by atoms with Gasteiger partial charge in [0.2, 0.25) is 0 Å². The molecule has 0 aliphatic carbocycles. The molecule has 1 aromatic carbocycles. The topological polar surface area (TPSA) is 72.2 Å². The Labute approximate surface area is 158 Å². The number of para-hydroxylation sites is 1. The molecule has 1 aromatic heterocycles. The van der Waals surface area contributed by atoms with E-state index in [-0.39, 0.29) is 11.8 Å². The lowest BCUT2D eigenvalue weighted by Crippen LogP contribution is -2.50. The highest BCUT2D eigenvalue weighted by molar-refractivity contribution is 5.98. The number of piperazine rings is 1. The van der Waals surface area contributed by atoms with Crippen molar-refractivity contribution >= 4 is 11.8 Å². The third kappa shape index (κ3) is 3.63. The van der Waals surface area contributed by atoms with E-state index >= 15 is 0 Å². The van der Waals surface area contributed by atoms with Crippen LogP contribution in [0.3, 0.4) is 0 Å². The van der Waals surface area contributed by atoms with Crippen LogP contribution >= 0.6 is 0 Å². The van der Waals surface area contributed by atoms with Crippen LogP contribution in [0.2, 0.25) is 0 Å². The van der Waals surface area contributed by atoms with Crippen LogP contribution in [0, 0.1) is 13.8 Å². The summed E-state index contributed by atoms with van der Waals surface area (Å²) in [6, 6.07) is 7.08. The minimum Gasteiger partial charge on any atom is -0.493 e. The number of benzene rings is 1. The van der Waals surface area contributed by atoms with Gasteiger partial charge in [0.1, 0.15) is 5.76 Å². The number of amides is 2. The lowest BCUT2D eigenvalue weighted by Gasteiger charge is -2.34. The first-order chi connectivity index (χ1) is 13.0. The second-order valence-electron chi connectivity index (χ2n) is 6.49. The number of nitrogens with zero attached hydrogens (tertiary/aromatic N) is 2. The highest BCUT2D eigenvalue weighted by atomic mass is 16.5. The van der Waals surface area contributed by atoms with Crippen molar-refractivity contribution in [3.63, 3.8) is 0 Å². The standard InChI is InChI=1S/C20H24N2O5/c1-13-12-14(2)27-17(13)20(24)22-10-8-21(9-11-22)19(23)15-6-5-7-16(25-3)18(15)26-4/h5-7,12H,8-11H2,1-4H3. The van der Waals surface area contributed by atoms with Gasteiger partial charge in [-0.2, -0.15) is 0 Å². The Bertz CT molecular complexity index is 850. The van der Waals surface area contributed by atoms with Crippen molar-refractivity contribution in [3.8, 4) is 11.5 Å². The van der Waals surface area contributed by atoms with E-state index in [1.165, 1.54) is 14.2 Å². The maximum absolute atomic E-state index is 12.9. The quantitative estimate of drug-likeness (QED) is 0.825. The summed E-state index contributed by atoms with van der Waals surface area (Å²) < 4.78 is 16.2. The van der Waals surface area contributed by atoms with Crippen LogP contribution in [0.5, 0.6) is 11.5 Å². The number of rotatable bonds is 4. The molecule has 7 heteroatoms. The molecule has 7 nitrogen and oxygen atoms in total. The third-order valence-electron chi connectivity index (χ3n) is 4.72. The average Bonchev–Trinajstić information content (AvgIpc) is 3.04. The predicted molar refractivity (Wildman–Crippen MR) is 99.5 cm³/mol. The molecule has 0 N–H and O–H groups in total. The molecule has 144 valence electrons. The van der Waals surface area contributed by atoms with Crippen molar-refractivity contribution < 1.29 is 23.5 Å². The summed E-state index contributed by atoms with van der Waals surface area (Å²) in [7, 11) is 3.05. The van der Waals surface area contributed by atoms with Gasteiger partial charge in [-0.05, 0) is 32.0 Å². The van der Waals surface area contributed by atoms with Crippen LogP contribution < -0.4 is 9.47 Å². The highest BCUT2D eigenvalue weighted by Crippen LogP contribution is 2.31. The molecular formula is C20H24N2O5. The van der Waals surface area contributed by atoms with Gasteiger partial charge in [-0.25, -0.2) is 0 Å². The van der Waals surface area contributed by atoms with Crippen molar-refractivity contribution in [3.05, 3.63) is 46.9 Å². The lowest BCUT2D eigenvalue weighted by atomic mass is 10.1. The average molecular weight is 372 g/mol. The summed E-state index contributed by atoms with van der Waals surface area (Å²) in [5.41, 5.74) is 1.28. The van der Waals surface area contributed by atoms with E-state index in [0.29, 0.717) is 49.0 Å². The Morgan fingerprint density at radius 1 is 0.963 bits per heavy atom. The van der Waals surface area contributed by atoms with Gasteiger partial charge in [0.15, 0.2) is 17.3 Å².